The number of esters is 1. The number of ether oxygens (including phenoxy) is 1. The van der Waals surface area contributed by atoms with Crippen LogP contribution in [0.5, 0.6) is 0 Å². The summed E-state index contributed by atoms with van der Waals surface area (Å²) in [6.45, 7) is 3.72. The van der Waals surface area contributed by atoms with E-state index in [1.54, 1.807) is 0 Å². The van der Waals surface area contributed by atoms with Gasteiger partial charge in [0.15, 0.2) is 12.4 Å². The van der Waals surface area contributed by atoms with Crippen LogP contribution < -0.4 is 10.0 Å². The van der Waals surface area contributed by atoms with Gasteiger partial charge >= 0.3 is 5.97 Å². The summed E-state index contributed by atoms with van der Waals surface area (Å²) >= 11 is 0. The Bertz CT molecular complexity index is 936. The number of hydrogen-bond acceptors (Lipinski definition) is 7. The van der Waals surface area contributed by atoms with Gasteiger partial charge in [0.25, 0.3) is 5.91 Å². The van der Waals surface area contributed by atoms with E-state index in [-0.39, 0.29) is 22.9 Å². The van der Waals surface area contributed by atoms with Crippen molar-refractivity contribution in [2.75, 3.05) is 6.61 Å². The fraction of sp³-hybridized carbons (Fsp3) is 0.353. The second-order valence-electron chi connectivity index (χ2n) is 6.01. The Balaban J connectivity index is 1.83. The molecule has 1 heterocycles. The number of aryl methyl sites for hydroxylation is 2. The van der Waals surface area contributed by atoms with E-state index in [0.717, 1.165) is 0 Å². The Morgan fingerprint density at radius 3 is 2.46 bits per heavy atom. The molecular formula is C17H20FN3O6S. The zero-order chi connectivity index (χ0) is 20.9. The normalized spacial score (nSPS) is 12.4. The lowest BCUT2D eigenvalue weighted by molar-refractivity contribution is -0.149. The SMILES string of the molecule is Cc1noc(C)c1S(=O)(=O)N[C@@H](C)C(=O)OCC(=O)NCc1ccc(F)cc1. The van der Waals surface area contributed by atoms with Crippen LogP contribution in [0.2, 0.25) is 0 Å². The molecule has 9 nitrogen and oxygen atoms in total. The molecular weight excluding hydrogens is 393 g/mol. The lowest BCUT2D eigenvalue weighted by Gasteiger charge is -2.13. The van der Waals surface area contributed by atoms with E-state index in [4.69, 9.17) is 9.26 Å². The van der Waals surface area contributed by atoms with Crippen LogP contribution in [0.4, 0.5) is 4.39 Å². The molecule has 0 unspecified atom stereocenters. The van der Waals surface area contributed by atoms with Gasteiger partial charge in [0.2, 0.25) is 10.0 Å². The maximum atomic E-state index is 12.8. The highest BCUT2D eigenvalue weighted by molar-refractivity contribution is 7.89. The Kier molecular flexibility index (Phi) is 6.86. The highest BCUT2D eigenvalue weighted by Gasteiger charge is 2.28. The molecule has 0 aliphatic rings. The van der Waals surface area contributed by atoms with Gasteiger partial charge in [-0.15, -0.1) is 0 Å². The van der Waals surface area contributed by atoms with Gasteiger partial charge in [-0.1, -0.05) is 17.3 Å². The minimum atomic E-state index is -4.05. The van der Waals surface area contributed by atoms with Crippen LogP contribution in [0.3, 0.4) is 0 Å². The van der Waals surface area contributed by atoms with Crippen LogP contribution in [-0.4, -0.2) is 38.1 Å². The number of halogens is 1. The molecule has 0 bridgehead atoms. The molecule has 152 valence electrons. The first-order chi connectivity index (χ1) is 13.1. The van der Waals surface area contributed by atoms with E-state index in [0.29, 0.717) is 5.56 Å². The van der Waals surface area contributed by atoms with Crippen molar-refractivity contribution in [3.63, 3.8) is 0 Å². The molecule has 28 heavy (non-hydrogen) atoms. The smallest absolute Gasteiger partial charge is 0.324 e. The summed E-state index contributed by atoms with van der Waals surface area (Å²) in [6, 6.07) is 4.30. The van der Waals surface area contributed by atoms with E-state index in [1.165, 1.54) is 45.0 Å². The van der Waals surface area contributed by atoms with E-state index in [9.17, 15) is 22.4 Å². The number of amides is 1. The summed E-state index contributed by atoms with van der Waals surface area (Å²) in [7, 11) is -4.05. The zero-order valence-corrected chi connectivity index (χ0v) is 16.3. The second-order valence-corrected chi connectivity index (χ2v) is 7.66. The number of nitrogens with zero attached hydrogens (tertiary/aromatic N) is 1. The van der Waals surface area contributed by atoms with Gasteiger partial charge in [0.05, 0.1) is 0 Å². The number of sulfonamides is 1. The minimum Gasteiger partial charge on any atom is -0.454 e. The fourth-order valence-corrected chi connectivity index (χ4v) is 3.84. The number of benzene rings is 1. The van der Waals surface area contributed by atoms with Crippen LogP contribution in [0, 0.1) is 19.7 Å². The molecule has 1 aromatic heterocycles. The Morgan fingerprint density at radius 2 is 1.89 bits per heavy atom. The lowest BCUT2D eigenvalue weighted by atomic mass is 10.2. The quantitative estimate of drug-likeness (QED) is 0.617. The average molecular weight is 413 g/mol. The fourth-order valence-electron chi connectivity index (χ4n) is 2.31. The third-order valence-electron chi connectivity index (χ3n) is 3.67. The summed E-state index contributed by atoms with van der Waals surface area (Å²) in [4.78, 5) is 23.6. The first-order valence-corrected chi connectivity index (χ1v) is 9.71. The van der Waals surface area contributed by atoms with E-state index in [1.807, 2.05) is 0 Å². The van der Waals surface area contributed by atoms with Crippen LogP contribution in [0.1, 0.15) is 23.9 Å². The van der Waals surface area contributed by atoms with Crippen molar-refractivity contribution in [1.29, 1.82) is 0 Å². The standard InChI is InChI=1S/C17H20FN3O6S/c1-10-16(12(3)27-20-10)28(24,25)21-11(2)17(23)26-9-15(22)19-8-13-4-6-14(18)7-5-13/h4-7,11,21H,8-9H2,1-3H3,(H,19,22)/t11-/m0/s1. The zero-order valence-electron chi connectivity index (χ0n) is 15.5. The molecule has 0 saturated heterocycles. The van der Waals surface area contributed by atoms with Crippen molar-refractivity contribution < 1.29 is 31.7 Å². The predicted molar refractivity (Wildman–Crippen MR) is 95.0 cm³/mol. The third-order valence-corrected chi connectivity index (χ3v) is 5.45. The van der Waals surface area contributed by atoms with E-state index < -0.39 is 40.4 Å². The molecule has 0 fully saturated rings. The topological polar surface area (TPSA) is 128 Å². The molecule has 11 heteroatoms. The number of carbonyl (C=O) groups excluding carboxylic acids is 2. The van der Waals surface area contributed by atoms with E-state index >= 15 is 0 Å². The molecule has 0 radical (unpaired) electrons. The van der Waals surface area contributed by atoms with Gasteiger partial charge in [-0.2, -0.15) is 4.72 Å². The molecule has 1 amide bonds. The van der Waals surface area contributed by atoms with Gasteiger partial charge in [-0.25, -0.2) is 12.8 Å². The van der Waals surface area contributed by atoms with Crippen molar-refractivity contribution in [2.24, 2.45) is 0 Å². The number of rotatable bonds is 8. The first kappa shape index (κ1) is 21.5. The average Bonchev–Trinajstić information content (AvgIpc) is 2.98. The molecule has 1 aromatic carbocycles. The minimum absolute atomic E-state index is 0.0886. The summed E-state index contributed by atoms with van der Waals surface area (Å²) in [5.74, 6) is -1.81. The lowest BCUT2D eigenvalue weighted by Crippen LogP contribution is -2.41. The summed E-state index contributed by atoms with van der Waals surface area (Å²) in [5, 5.41) is 6.06. The van der Waals surface area contributed by atoms with Crippen LogP contribution in [0.15, 0.2) is 33.7 Å². The van der Waals surface area contributed by atoms with Gasteiger partial charge in [0, 0.05) is 6.54 Å². The van der Waals surface area contributed by atoms with Crippen molar-refractivity contribution in [3.8, 4) is 0 Å². The number of nitrogens with one attached hydrogen (secondary N) is 2. The van der Waals surface area contributed by atoms with Crippen molar-refractivity contribution in [3.05, 3.63) is 47.1 Å². The van der Waals surface area contributed by atoms with Gasteiger partial charge in [-0.05, 0) is 38.5 Å². The first-order valence-electron chi connectivity index (χ1n) is 8.23. The summed E-state index contributed by atoms with van der Waals surface area (Å²) in [6.07, 6.45) is 0. The molecule has 2 rings (SSSR count). The maximum Gasteiger partial charge on any atom is 0.324 e. The van der Waals surface area contributed by atoms with Gasteiger partial charge in [-0.3, -0.25) is 9.59 Å². The number of carbonyl (C=O) groups is 2. The molecule has 0 saturated carbocycles. The summed E-state index contributed by atoms with van der Waals surface area (Å²) in [5.41, 5.74) is 0.826. The largest absolute Gasteiger partial charge is 0.454 e. The van der Waals surface area contributed by atoms with Gasteiger partial charge < -0.3 is 14.6 Å². The Morgan fingerprint density at radius 1 is 1.25 bits per heavy atom. The van der Waals surface area contributed by atoms with Gasteiger partial charge in [0.1, 0.15) is 22.4 Å². The Labute approximate surface area is 161 Å². The highest BCUT2D eigenvalue weighted by atomic mass is 32.2. The molecule has 1 atom stereocenters. The highest BCUT2D eigenvalue weighted by Crippen LogP contribution is 2.18. The van der Waals surface area contributed by atoms with Crippen molar-refractivity contribution in [2.45, 2.75) is 38.3 Å². The van der Waals surface area contributed by atoms with E-state index in [2.05, 4.69) is 15.2 Å². The van der Waals surface area contributed by atoms with Crippen molar-refractivity contribution >= 4 is 21.9 Å². The maximum absolute atomic E-state index is 12.8. The Hall–Kier alpha value is -2.79. The molecule has 0 aliphatic carbocycles. The molecule has 2 aromatic rings. The number of hydrogen-bond donors (Lipinski definition) is 2. The number of aromatic nitrogens is 1. The molecule has 0 aliphatic heterocycles. The second kappa shape index (κ2) is 8.93. The monoisotopic (exact) mass is 413 g/mol. The van der Waals surface area contributed by atoms with Crippen LogP contribution in [0.25, 0.3) is 0 Å². The molecule has 2 N–H and O–H groups in total. The van der Waals surface area contributed by atoms with Crippen LogP contribution in [-0.2, 0) is 30.9 Å². The third kappa shape index (κ3) is 5.60. The molecule has 0 spiro atoms. The summed E-state index contributed by atoms with van der Waals surface area (Å²) < 4.78 is 49.3. The van der Waals surface area contributed by atoms with Crippen LogP contribution >= 0.6 is 0 Å². The predicted octanol–water partition coefficient (Wildman–Crippen LogP) is 0.957. The van der Waals surface area contributed by atoms with Crippen molar-refractivity contribution in [1.82, 2.24) is 15.2 Å².